The smallest absolute Gasteiger partial charge is 0.261 e. The summed E-state index contributed by atoms with van der Waals surface area (Å²) in [5.74, 6) is 0.433. The van der Waals surface area contributed by atoms with Crippen LogP contribution in [0.4, 0.5) is 11.5 Å². The minimum Gasteiger partial charge on any atom is -0.383 e. The van der Waals surface area contributed by atoms with Gasteiger partial charge in [-0.1, -0.05) is 11.6 Å². The van der Waals surface area contributed by atoms with Crippen LogP contribution in [0, 0.1) is 0 Å². The second-order valence-electron chi connectivity index (χ2n) is 7.57. The first-order valence-corrected chi connectivity index (χ1v) is 10.8. The fourth-order valence-corrected chi connectivity index (χ4v) is 3.89. The zero-order valence-corrected chi connectivity index (χ0v) is 18.7. The third-order valence-electron chi connectivity index (χ3n) is 5.47. The minimum absolute atomic E-state index is 0.0440. The van der Waals surface area contributed by atoms with Gasteiger partial charge in [0.15, 0.2) is 5.65 Å². The van der Waals surface area contributed by atoms with Crippen molar-refractivity contribution in [3.05, 3.63) is 52.8 Å². The summed E-state index contributed by atoms with van der Waals surface area (Å²) in [5, 5.41) is 11.1. The lowest BCUT2D eigenvalue weighted by molar-refractivity contribution is -0.127. The number of likely N-dealkylation sites (tertiary alicyclic amines) is 1. The summed E-state index contributed by atoms with van der Waals surface area (Å²) in [4.78, 5) is 31.8. The molecule has 0 unspecified atom stereocenters. The van der Waals surface area contributed by atoms with Crippen LogP contribution < -0.4 is 10.6 Å². The summed E-state index contributed by atoms with van der Waals surface area (Å²) in [6.45, 7) is 4.31. The van der Waals surface area contributed by atoms with Gasteiger partial charge in [0.05, 0.1) is 18.5 Å². The Bertz CT molecular complexity index is 1130. The van der Waals surface area contributed by atoms with Crippen LogP contribution in [-0.4, -0.2) is 64.7 Å². The first-order valence-electron chi connectivity index (χ1n) is 10.5. The number of amides is 2. The highest BCUT2D eigenvalue weighted by Crippen LogP contribution is 2.29. The lowest BCUT2D eigenvalue weighted by Crippen LogP contribution is -2.24. The summed E-state index contributed by atoms with van der Waals surface area (Å²) in [5.41, 5.74) is 2.14. The summed E-state index contributed by atoms with van der Waals surface area (Å²) >= 11 is 5.93. The molecule has 1 aromatic carbocycles. The number of hydrogen-bond donors (Lipinski definition) is 2. The predicted molar refractivity (Wildman–Crippen MR) is 122 cm³/mol. The number of ether oxygens (including phenoxy) is 1. The maximum Gasteiger partial charge on any atom is 0.261 e. The highest BCUT2D eigenvalue weighted by atomic mass is 35.5. The van der Waals surface area contributed by atoms with E-state index in [1.807, 2.05) is 17.9 Å². The number of nitrogens with zero attached hydrogens (tertiary/aromatic N) is 4. The summed E-state index contributed by atoms with van der Waals surface area (Å²) < 4.78 is 6.74. The predicted octanol–water partition coefficient (Wildman–Crippen LogP) is 3.03. The Morgan fingerprint density at radius 1 is 1.31 bits per heavy atom. The van der Waals surface area contributed by atoms with Crippen molar-refractivity contribution in [2.24, 2.45) is 0 Å². The SMILES string of the molecule is CCN1C[C@@H](c2cc(NCCOC)n3ncc(C(=O)Nc4ccc(Cl)cc4)c3n2)CC1=O. The number of carbonyl (C=O) groups is 2. The number of halogens is 1. The Labute approximate surface area is 190 Å². The topological polar surface area (TPSA) is 101 Å². The average molecular weight is 457 g/mol. The fraction of sp³-hybridized carbons (Fsp3) is 0.364. The number of fused-ring (bicyclic) bond motifs is 1. The number of rotatable bonds is 8. The van der Waals surface area contributed by atoms with Crippen molar-refractivity contribution in [3.8, 4) is 0 Å². The molecule has 2 aromatic heterocycles. The number of benzene rings is 1. The molecule has 0 bridgehead atoms. The molecule has 9 nitrogen and oxygen atoms in total. The molecule has 1 fully saturated rings. The first kappa shape index (κ1) is 22.0. The van der Waals surface area contributed by atoms with E-state index in [0.717, 1.165) is 5.69 Å². The molecule has 10 heteroatoms. The molecule has 168 valence electrons. The third-order valence-corrected chi connectivity index (χ3v) is 5.72. The highest BCUT2D eigenvalue weighted by Gasteiger charge is 2.31. The lowest BCUT2D eigenvalue weighted by atomic mass is 10.0. The normalized spacial score (nSPS) is 16.0. The average Bonchev–Trinajstić information content (AvgIpc) is 3.38. The van der Waals surface area contributed by atoms with E-state index in [-0.39, 0.29) is 17.7 Å². The second kappa shape index (κ2) is 9.54. The van der Waals surface area contributed by atoms with Crippen molar-refractivity contribution in [3.63, 3.8) is 0 Å². The molecule has 3 aromatic rings. The van der Waals surface area contributed by atoms with E-state index in [9.17, 15) is 9.59 Å². The van der Waals surface area contributed by atoms with Crippen LogP contribution in [0.2, 0.25) is 5.02 Å². The van der Waals surface area contributed by atoms with Crippen LogP contribution in [0.15, 0.2) is 36.5 Å². The molecule has 1 saturated heterocycles. The number of anilines is 2. The molecule has 0 saturated carbocycles. The van der Waals surface area contributed by atoms with Crippen LogP contribution in [-0.2, 0) is 9.53 Å². The molecule has 0 radical (unpaired) electrons. The molecule has 1 aliphatic heterocycles. The Kier molecular flexibility index (Phi) is 6.57. The number of nitrogens with one attached hydrogen (secondary N) is 2. The van der Waals surface area contributed by atoms with E-state index >= 15 is 0 Å². The standard InChI is InChI=1S/C22H25ClN6O3/c1-3-28-13-14(10-20(28)30)18-11-19(24-8-9-32-2)29-21(27-18)17(12-25-29)22(31)26-16-6-4-15(23)5-7-16/h4-7,11-12,14,24H,3,8-10,13H2,1-2H3,(H,26,31)/t14-/m0/s1. The minimum atomic E-state index is -0.326. The van der Waals surface area contributed by atoms with E-state index in [2.05, 4.69) is 15.7 Å². The Hall–Kier alpha value is -3.17. The molecule has 2 N–H and O–H groups in total. The molecule has 3 heterocycles. The van der Waals surface area contributed by atoms with Crippen molar-refractivity contribution in [2.45, 2.75) is 19.3 Å². The number of aromatic nitrogens is 3. The van der Waals surface area contributed by atoms with Crippen LogP contribution in [0.1, 0.15) is 35.3 Å². The molecule has 1 atom stereocenters. The number of carbonyl (C=O) groups excluding carboxylic acids is 2. The van der Waals surface area contributed by atoms with Gasteiger partial charge in [0.1, 0.15) is 11.4 Å². The van der Waals surface area contributed by atoms with Crippen LogP contribution in [0.25, 0.3) is 5.65 Å². The van der Waals surface area contributed by atoms with Crippen LogP contribution in [0.3, 0.4) is 0 Å². The Morgan fingerprint density at radius 3 is 2.78 bits per heavy atom. The van der Waals surface area contributed by atoms with Gasteiger partial charge >= 0.3 is 0 Å². The van der Waals surface area contributed by atoms with E-state index in [1.165, 1.54) is 6.20 Å². The maximum absolute atomic E-state index is 13.0. The van der Waals surface area contributed by atoms with Crippen LogP contribution >= 0.6 is 11.6 Å². The van der Waals surface area contributed by atoms with Crippen LogP contribution in [0.5, 0.6) is 0 Å². The molecule has 1 aliphatic rings. The monoisotopic (exact) mass is 456 g/mol. The van der Waals surface area contributed by atoms with E-state index in [1.54, 1.807) is 35.9 Å². The molecule has 32 heavy (non-hydrogen) atoms. The van der Waals surface area contributed by atoms with Gasteiger partial charge in [0, 0.05) is 55.9 Å². The quantitative estimate of drug-likeness (QED) is 0.505. The lowest BCUT2D eigenvalue weighted by Gasteiger charge is -2.15. The molecule has 0 spiro atoms. The van der Waals surface area contributed by atoms with Crippen molar-refractivity contribution >= 4 is 40.6 Å². The van der Waals surface area contributed by atoms with Crippen molar-refractivity contribution in [2.75, 3.05) is 44.0 Å². The fourth-order valence-electron chi connectivity index (χ4n) is 3.77. The largest absolute Gasteiger partial charge is 0.383 e. The summed E-state index contributed by atoms with van der Waals surface area (Å²) in [7, 11) is 1.63. The van der Waals surface area contributed by atoms with Gasteiger partial charge in [-0.2, -0.15) is 9.61 Å². The second-order valence-corrected chi connectivity index (χ2v) is 8.01. The van der Waals surface area contributed by atoms with Crippen molar-refractivity contribution < 1.29 is 14.3 Å². The van der Waals surface area contributed by atoms with Gasteiger partial charge < -0.3 is 20.3 Å². The molecule has 2 amide bonds. The van der Waals surface area contributed by atoms with E-state index in [0.29, 0.717) is 60.4 Å². The maximum atomic E-state index is 13.0. The molecule has 0 aliphatic carbocycles. The Balaban J connectivity index is 1.69. The molecule has 4 rings (SSSR count). The number of likely N-dealkylation sites (N-methyl/N-ethyl adjacent to an activating group) is 1. The first-order chi connectivity index (χ1) is 15.5. The van der Waals surface area contributed by atoms with E-state index < -0.39 is 0 Å². The van der Waals surface area contributed by atoms with Gasteiger partial charge in [-0.05, 0) is 31.2 Å². The van der Waals surface area contributed by atoms with Crippen molar-refractivity contribution in [1.82, 2.24) is 19.5 Å². The number of methoxy groups -OCH3 is 1. The van der Waals surface area contributed by atoms with Gasteiger partial charge in [-0.15, -0.1) is 0 Å². The van der Waals surface area contributed by atoms with Crippen molar-refractivity contribution in [1.29, 1.82) is 0 Å². The molecular weight excluding hydrogens is 432 g/mol. The van der Waals surface area contributed by atoms with E-state index in [4.69, 9.17) is 21.3 Å². The zero-order chi connectivity index (χ0) is 22.7. The highest BCUT2D eigenvalue weighted by molar-refractivity contribution is 6.30. The van der Waals surface area contributed by atoms with Gasteiger partial charge in [-0.3, -0.25) is 9.59 Å². The summed E-state index contributed by atoms with van der Waals surface area (Å²) in [6, 6.07) is 8.77. The molecular formula is C22H25ClN6O3. The van der Waals surface area contributed by atoms with Gasteiger partial charge in [0.25, 0.3) is 5.91 Å². The van der Waals surface area contributed by atoms with Gasteiger partial charge in [-0.25, -0.2) is 4.98 Å². The zero-order valence-electron chi connectivity index (χ0n) is 18.0. The summed E-state index contributed by atoms with van der Waals surface area (Å²) in [6.07, 6.45) is 1.89. The third kappa shape index (κ3) is 4.53. The number of hydrogen-bond acceptors (Lipinski definition) is 6. The Morgan fingerprint density at radius 2 is 2.09 bits per heavy atom. The van der Waals surface area contributed by atoms with Gasteiger partial charge in [0.2, 0.25) is 5.91 Å².